The van der Waals surface area contributed by atoms with Crippen molar-refractivity contribution in [1.82, 2.24) is 4.98 Å². The summed E-state index contributed by atoms with van der Waals surface area (Å²) in [5, 5.41) is 2.38. The van der Waals surface area contributed by atoms with Gasteiger partial charge in [0, 0.05) is 11.8 Å². The number of nitrogens with one attached hydrogen (secondary N) is 1. The number of hydrogen-bond acceptors (Lipinski definition) is 5. The number of halogens is 1. The number of amides is 1. The van der Waals surface area contributed by atoms with E-state index in [1.54, 1.807) is 0 Å². The average Bonchev–Trinajstić information content (AvgIpc) is 2.41. The van der Waals surface area contributed by atoms with Crippen LogP contribution in [0.15, 0.2) is 41.6 Å². The normalized spacial score (nSPS) is 11.1. The van der Waals surface area contributed by atoms with Gasteiger partial charge in [0.25, 0.3) is 5.91 Å². The molecule has 6 nitrogen and oxygen atoms in total. The van der Waals surface area contributed by atoms with Gasteiger partial charge in [-0.05, 0) is 30.3 Å². The topological polar surface area (TPSA) is 102 Å². The molecule has 1 amide bonds. The van der Waals surface area contributed by atoms with Crippen LogP contribution in [-0.4, -0.2) is 25.6 Å². The summed E-state index contributed by atoms with van der Waals surface area (Å²) < 4.78 is 35.8. The molecule has 110 valence electrons. The number of carbonyl (C=O) groups is 1. The van der Waals surface area contributed by atoms with Gasteiger partial charge < -0.3 is 11.1 Å². The van der Waals surface area contributed by atoms with E-state index in [9.17, 15) is 17.6 Å². The molecule has 3 N–H and O–H groups in total. The minimum atomic E-state index is -3.40. The second kappa shape index (κ2) is 5.49. The van der Waals surface area contributed by atoms with Gasteiger partial charge in [0.2, 0.25) is 0 Å². The molecule has 2 aromatic rings. The Labute approximate surface area is 120 Å². The van der Waals surface area contributed by atoms with Crippen molar-refractivity contribution in [2.45, 2.75) is 5.03 Å². The first-order valence-electron chi connectivity index (χ1n) is 5.80. The SMILES string of the molecule is CS(=O)(=O)c1ccc(NC(=O)c2ccc(N)c(F)c2)cn1. The van der Waals surface area contributed by atoms with E-state index in [0.29, 0.717) is 5.69 Å². The van der Waals surface area contributed by atoms with Crippen molar-refractivity contribution < 1.29 is 17.6 Å². The second-order valence-electron chi connectivity index (χ2n) is 4.35. The Morgan fingerprint density at radius 1 is 1.29 bits per heavy atom. The number of nitrogens with zero attached hydrogens (tertiary/aromatic N) is 1. The van der Waals surface area contributed by atoms with Gasteiger partial charge in [-0.25, -0.2) is 17.8 Å². The summed E-state index contributed by atoms with van der Waals surface area (Å²) in [7, 11) is -3.40. The Morgan fingerprint density at radius 2 is 2.00 bits per heavy atom. The Hall–Kier alpha value is -2.48. The number of carbonyl (C=O) groups excluding carboxylic acids is 1. The van der Waals surface area contributed by atoms with Crippen LogP contribution in [0, 0.1) is 5.82 Å². The van der Waals surface area contributed by atoms with E-state index in [1.807, 2.05) is 0 Å². The van der Waals surface area contributed by atoms with Crippen molar-refractivity contribution >= 4 is 27.1 Å². The molecule has 0 saturated heterocycles. The van der Waals surface area contributed by atoms with Crippen LogP contribution in [0.3, 0.4) is 0 Å². The molecule has 0 aliphatic heterocycles. The lowest BCUT2D eigenvalue weighted by molar-refractivity contribution is 0.102. The molecular weight excluding hydrogens is 297 g/mol. The van der Waals surface area contributed by atoms with Crippen LogP contribution in [0.4, 0.5) is 15.8 Å². The molecule has 0 spiro atoms. The lowest BCUT2D eigenvalue weighted by Gasteiger charge is -2.06. The zero-order valence-electron chi connectivity index (χ0n) is 11.0. The van der Waals surface area contributed by atoms with E-state index in [1.165, 1.54) is 30.5 Å². The molecule has 8 heteroatoms. The van der Waals surface area contributed by atoms with Crippen LogP contribution in [0.5, 0.6) is 0 Å². The van der Waals surface area contributed by atoms with Gasteiger partial charge >= 0.3 is 0 Å². The van der Waals surface area contributed by atoms with E-state index < -0.39 is 21.6 Å². The van der Waals surface area contributed by atoms with Crippen molar-refractivity contribution in [3.8, 4) is 0 Å². The summed E-state index contributed by atoms with van der Waals surface area (Å²) in [6, 6.07) is 6.35. The molecule has 0 saturated carbocycles. The fraction of sp³-hybridized carbons (Fsp3) is 0.0769. The Balaban J connectivity index is 2.18. The van der Waals surface area contributed by atoms with E-state index in [0.717, 1.165) is 12.3 Å². The smallest absolute Gasteiger partial charge is 0.255 e. The lowest BCUT2D eigenvalue weighted by Crippen LogP contribution is -2.13. The van der Waals surface area contributed by atoms with Gasteiger partial charge in [-0.1, -0.05) is 0 Å². The minimum Gasteiger partial charge on any atom is -0.396 e. The van der Waals surface area contributed by atoms with E-state index in [4.69, 9.17) is 5.73 Å². The fourth-order valence-corrected chi connectivity index (χ4v) is 2.10. The van der Waals surface area contributed by atoms with Gasteiger partial charge in [0.15, 0.2) is 14.9 Å². The summed E-state index contributed by atoms with van der Waals surface area (Å²) in [5.74, 6) is -1.24. The quantitative estimate of drug-likeness (QED) is 0.836. The lowest BCUT2D eigenvalue weighted by atomic mass is 10.2. The Bertz CT molecular complexity index is 789. The number of rotatable bonds is 3. The zero-order valence-corrected chi connectivity index (χ0v) is 11.8. The van der Waals surface area contributed by atoms with Crippen LogP contribution >= 0.6 is 0 Å². The van der Waals surface area contributed by atoms with Crippen molar-refractivity contribution in [3.05, 3.63) is 47.9 Å². The molecule has 0 unspecified atom stereocenters. The van der Waals surface area contributed by atoms with Gasteiger partial charge in [0.05, 0.1) is 17.6 Å². The predicted octanol–water partition coefficient (Wildman–Crippen LogP) is 1.46. The van der Waals surface area contributed by atoms with Crippen LogP contribution in [-0.2, 0) is 9.84 Å². The maximum Gasteiger partial charge on any atom is 0.255 e. The summed E-state index contributed by atoms with van der Waals surface area (Å²) in [4.78, 5) is 15.6. The van der Waals surface area contributed by atoms with Crippen LogP contribution in [0.25, 0.3) is 0 Å². The van der Waals surface area contributed by atoms with Gasteiger partial charge in [0.1, 0.15) is 5.82 Å². The molecule has 0 bridgehead atoms. The minimum absolute atomic E-state index is 0.0503. The van der Waals surface area contributed by atoms with Crippen molar-refractivity contribution in [3.63, 3.8) is 0 Å². The largest absolute Gasteiger partial charge is 0.396 e. The third-order valence-electron chi connectivity index (χ3n) is 2.64. The first kappa shape index (κ1) is 14.9. The number of benzene rings is 1. The molecule has 2 rings (SSSR count). The number of hydrogen-bond donors (Lipinski definition) is 2. The Kier molecular flexibility index (Phi) is 3.90. The maximum atomic E-state index is 13.3. The van der Waals surface area contributed by atoms with Gasteiger partial charge in [-0.3, -0.25) is 4.79 Å². The summed E-state index contributed by atoms with van der Waals surface area (Å²) in [6.07, 6.45) is 2.24. The van der Waals surface area contributed by atoms with Crippen LogP contribution in [0.2, 0.25) is 0 Å². The molecule has 1 aromatic carbocycles. The molecular formula is C13H12FN3O3S. The first-order valence-corrected chi connectivity index (χ1v) is 7.69. The fourth-order valence-electron chi connectivity index (χ4n) is 1.55. The van der Waals surface area contributed by atoms with Crippen molar-refractivity contribution in [2.75, 3.05) is 17.3 Å². The molecule has 21 heavy (non-hydrogen) atoms. The molecule has 0 radical (unpaired) electrons. The highest BCUT2D eigenvalue weighted by Gasteiger charge is 2.11. The van der Waals surface area contributed by atoms with E-state index in [2.05, 4.69) is 10.3 Å². The molecule has 1 aromatic heterocycles. The van der Waals surface area contributed by atoms with Crippen LogP contribution < -0.4 is 11.1 Å². The van der Waals surface area contributed by atoms with Gasteiger partial charge in [-0.15, -0.1) is 0 Å². The number of aromatic nitrogens is 1. The summed E-state index contributed by atoms with van der Waals surface area (Å²) >= 11 is 0. The second-order valence-corrected chi connectivity index (χ2v) is 6.31. The average molecular weight is 309 g/mol. The highest BCUT2D eigenvalue weighted by molar-refractivity contribution is 7.90. The Morgan fingerprint density at radius 3 is 2.52 bits per heavy atom. The maximum absolute atomic E-state index is 13.3. The number of sulfone groups is 1. The summed E-state index contributed by atoms with van der Waals surface area (Å²) in [6.45, 7) is 0. The molecule has 1 heterocycles. The molecule has 0 fully saturated rings. The predicted molar refractivity (Wildman–Crippen MR) is 76.1 cm³/mol. The highest BCUT2D eigenvalue weighted by atomic mass is 32.2. The number of nitrogens with two attached hydrogens (primary N) is 1. The van der Waals surface area contributed by atoms with Crippen molar-refractivity contribution in [1.29, 1.82) is 0 Å². The third kappa shape index (κ3) is 3.54. The van der Waals surface area contributed by atoms with E-state index >= 15 is 0 Å². The standard InChI is InChI=1S/C13H12FN3O3S/c1-21(19,20)12-5-3-9(7-16-12)17-13(18)8-2-4-11(15)10(14)6-8/h2-7H,15H2,1H3,(H,17,18). The van der Waals surface area contributed by atoms with Crippen LogP contribution in [0.1, 0.15) is 10.4 Å². The number of anilines is 2. The molecule has 0 atom stereocenters. The number of pyridine rings is 1. The van der Waals surface area contributed by atoms with E-state index in [-0.39, 0.29) is 16.3 Å². The molecule has 0 aliphatic carbocycles. The number of nitrogen functional groups attached to an aromatic ring is 1. The first-order chi connectivity index (χ1) is 9.77. The highest BCUT2D eigenvalue weighted by Crippen LogP contribution is 2.15. The third-order valence-corrected chi connectivity index (χ3v) is 3.64. The molecule has 0 aliphatic rings. The van der Waals surface area contributed by atoms with Gasteiger partial charge in [-0.2, -0.15) is 0 Å². The zero-order chi connectivity index (χ0) is 15.6. The summed E-state index contributed by atoms with van der Waals surface area (Å²) in [5.41, 5.74) is 5.66. The monoisotopic (exact) mass is 309 g/mol. The van der Waals surface area contributed by atoms with Crippen molar-refractivity contribution in [2.24, 2.45) is 0 Å².